The van der Waals surface area contributed by atoms with Gasteiger partial charge in [-0.3, -0.25) is 4.90 Å². The van der Waals surface area contributed by atoms with E-state index in [-0.39, 0.29) is 19.3 Å². The largest absolute Gasteiger partial charge is 0.445 e. The lowest BCUT2D eigenvalue weighted by atomic mass is 10.0. The van der Waals surface area contributed by atoms with Crippen LogP contribution in [-0.2, 0) is 30.9 Å². The maximum Gasteiger partial charge on any atom is 0.410 e. The van der Waals surface area contributed by atoms with Crippen LogP contribution in [0.15, 0.2) is 48.5 Å². The third kappa shape index (κ3) is 3.93. The first-order valence-corrected chi connectivity index (χ1v) is 8.01. The fourth-order valence-corrected chi connectivity index (χ4v) is 2.85. The first-order chi connectivity index (χ1) is 11.7. The van der Waals surface area contributed by atoms with Crippen LogP contribution in [0.5, 0.6) is 0 Å². The van der Waals surface area contributed by atoms with E-state index in [9.17, 15) is 9.90 Å². The Balaban J connectivity index is 1.58. The van der Waals surface area contributed by atoms with Crippen molar-refractivity contribution < 1.29 is 19.7 Å². The van der Waals surface area contributed by atoms with E-state index in [4.69, 9.17) is 9.84 Å². The maximum absolute atomic E-state index is 12.2. The zero-order valence-corrected chi connectivity index (χ0v) is 13.4. The Morgan fingerprint density at radius 1 is 1.08 bits per heavy atom. The predicted octanol–water partition coefficient (Wildman–Crippen LogP) is 2.23. The van der Waals surface area contributed by atoms with Gasteiger partial charge in [-0.05, 0) is 22.3 Å². The summed E-state index contributed by atoms with van der Waals surface area (Å²) in [5.74, 6) is 0. The summed E-state index contributed by atoms with van der Waals surface area (Å²) in [7, 11) is 0. The highest BCUT2D eigenvalue weighted by Crippen LogP contribution is 2.25. The Morgan fingerprint density at radius 2 is 1.83 bits per heavy atom. The molecule has 126 valence electrons. The number of aliphatic hydroxyl groups is 2. The van der Waals surface area contributed by atoms with Gasteiger partial charge < -0.3 is 14.9 Å². The molecule has 5 heteroatoms. The van der Waals surface area contributed by atoms with E-state index in [0.29, 0.717) is 19.5 Å². The first-order valence-electron chi connectivity index (χ1n) is 8.01. The van der Waals surface area contributed by atoms with Crippen LogP contribution in [0.4, 0.5) is 4.79 Å². The summed E-state index contributed by atoms with van der Waals surface area (Å²) in [5.41, 5.74) is 4.07. The predicted molar refractivity (Wildman–Crippen MR) is 89.1 cm³/mol. The minimum Gasteiger partial charge on any atom is -0.445 e. The fraction of sp³-hybridized carbons (Fsp3) is 0.316. The summed E-state index contributed by atoms with van der Waals surface area (Å²) in [4.78, 5) is 13.9. The highest BCUT2D eigenvalue weighted by Gasteiger charge is 2.24. The number of carbonyl (C=O) groups excluding carboxylic acids is 1. The third-order valence-corrected chi connectivity index (χ3v) is 4.14. The number of aliphatic hydroxyl groups excluding tert-OH is 2. The lowest BCUT2D eigenvalue weighted by Gasteiger charge is -2.15. The van der Waals surface area contributed by atoms with Crippen LogP contribution in [0.1, 0.15) is 22.3 Å². The van der Waals surface area contributed by atoms with Gasteiger partial charge in [0, 0.05) is 19.5 Å². The molecule has 2 N–H and O–H groups in total. The standard InChI is InChI=1S/C19H21NO4/c21-12-18(22)9-15-6-7-16-10-20(11-17(16)8-15)19(23)24-13-14-4-2-1-3-5-14/h1-8,18,21-22H,9-13H2. The van der Waals surface area contributed by atoms with E-state index in [1.165, 1.54) is 0 Å². The molecule has 1 unspecified atom stereocenters. The van der Waals surface area contributed by atoms with Crippen LogP contribution in [-0.4, -0.2) is 33.9 Å². The van der Waals surface area contributed by atoms with Crippen LogP contribution >= 0.6 is 0 Å². The number of hydrogen-bond donors (Lipinski definition) is 2. The Bertz CT molecular complexity index is 702. The highest BCUT2D eigenvalue weighted by atomic mass is 16.6. The molecule has 0 saturated heterocycles. The monoisotopic (exact) mass is 327 g/mol. The van der Waals surface area contributed by atoms with Gasteiger partial charge in [-0.1, -0.05) is 48.5 Å². The van der Waals surface area contributed by atoms with Gasteiger partial charge in [-0.25, -0.2) is 4.79 Å². The molecule has 1 amide bonds. The average molecular weight is 327 g/mol. The lowest BCUT2D eigenvalue weighted by molar-refractivity contribution is 0.0949. The van der Waals surface area contributed by atoms with Crippen molar-refractivity contribution in [3.05, 3.63) is 70.8 Å². The summed E-state index contributed by atoms with van der Waals surface area (Å²) < 4.78 is 5.37. The maximum atomic E-state index is 12.2. The van der Waals surface area contributed by atoms with E-state index >= 15 is 0 Å². The molecule has 0 radical (unpaired) electrons. The van der Waals surface area contributed by atoms with Gasteiger partial charge in [0.25, 0.3) is 0 Å². The van der Waals surface area contributed by atoms with E-state index < -0.39 is 6.10 Å². The van der Waals surface area contributed by atoms with Crippen molar-refractivity contribution in [1.82, 2.24) is 4.90 Å². The van der Waals surface area contributed by atoms with Crippen molar-refractivity contribution in [3.63, 3.8) is 0 Å². The number of nitrogens with zero attached hydrogens (tertiary/aromatic N) is 1. The highest BCUT2D eigenvalue weighted by molar-refractivity contribution is 5.69. The minimum atomic E-state index is -0.753. The van der Waals surface area contributed by atoms with Crippen LogP contribution < -0.4 is 0 Å². The Labute approximate surface area is 141 Å². The van der Waals surface area contributed by atoms with Gasteiger partial charge in [-0.2, -0.15) is 0 Å². The molecule has 3 rings (SSSR count). The first kappa shape index (κ1) is 16.5. The zero-order valence-electron chi connectivity index (χ0n) is 13.4. The van der Waals surface area contributed by atoms with Gasteiger partial charge in [0.15, 0.2) is 0 Å². The Hall–Kier alpha value is -2.37. The number of ether oxygens (including phenoxy) is 1. The molecule has 0 aliphatic carbocycles. The summed E-state index contributed by atoms with van der Waals surface area (Å²) in [6, 6.07) is 15.5. The van der Waals surface area contributed by atoms with Gasteiger partial charge in [0.1, 0.15) is 6.61 Å². The SMILES string of the molecule is O=C(OCc1ccccc1)N1Cc2ccc(CC(O)CO)cc2C1. The topological polar surface area (TPSA) is 70.0 Å². The van der Waals surface area contributed by atoms with E-state index in [2.05, 4.69) is 0 Å². The lowest BCUT2D eigenvalue weighted by Crippen LogP contribution is -2.26. The van der Waals surface area contributed by atoms with Crippen molar-refractivity contribution >= 4 is 6.09 Å². The molecule has 1 heterocycles. The molecule has 0 spiro atoms. The fourth-order valence-electron chi connectivity index (χ4n) is 2.85. The number of fused-ring (bicyclic) bond motifs is 1. The molecule has 1 atom stereocenters. The smallest absolute Gasteiger partial charge is 0.410 e. The molecule has 5 nitrogen and oxygen atoms in total. The summed E-state index contributed by atoms with van der Waals surface area (Å²) in [6.45, 7) is 1.05. The second-order valence-corrected chi connectivity index (χ2v) is 6.04. The molecule has 0 saturated carbocycles. The Morgan fingerprint density at radius 3 is 2.58 bits per heavy atom. The van der Waals surface area contributed by atoms with Gasteiger partial charge in [0.2, 0.25) is 0 Å². The van der Waals surface area contributed by atoms with Gasteiger partial charge in [0.05, 0.1) is 12.7 Å². The number of amides is 1. The minimum absolute atomic E-state index is 0.255. The quantitative estimate of drug-likeness (QED) is 0.883. The number of benzene rings is 2. The molecule has 1 aliphatic heterocycles. The van der Waals surface area contributed by atoms with Crippen LogP contribution in [0.25, 0.3) is 0 Å². The van der Waals surface area contributed by atoms with Crippen molar-refractivity contribution in [2.75, 3.05) is 6.61 Å². The zero-order chi connectivity index (χ0) is 16.9. The normalized spacial score (nSPS) is 14.3. The molecule has 0 bridgehead atoms. The van der Waals surface area contributed by atoms with Crippen molar-refractivity contribution in [1.29, 1.82) is 0 Å². The van der Waals surface area contributed by atoms with Crippen LogP contribution in [0.2, 0.25) is 0 Å². The van der Waals surface area contributed by atoms with Crippen molar-refractivity contribution in [2.45, 2.75) is 32.2 Å². The van der Waals surface area contributed by atoms with E-state index in [1.807, 2.05) is 48.5 Å². The van der Waals surface area contributed by atoms with Gasteiger partial charge in [-0.15, -0.1) is 0 Å². The number of rotatable bonds is 5. The average Bonchev–Trinajstić information content (AvgIpc) is 3.04. The van der Waals surface area contributed by atoms with Gasteiger partial charge >= 0.3 is 6.09 Å². The van der Waals surface area contributed by atoms with Crippen LogP contribution in [0, 0.1) is 0 Å². The second kappa shape index (κ2) is 7.47. The van der Waals surface area contributed by atoms with E-state index in [0.717, 1.165) is 22.3 Å². The Kier molecular flexibility index (Phi) is 5.13. The summed E-state index contributed by atoms with van der Waals surface area (Å²) >= 11 is 0. The molecular weight excluding hydrogens is 306 g/mol. The van der Waals surface area contributed by atoms with E-state index in [1.54, 1.807) is 4.90 Å². The molecular formula is C19H21NO4. The molecule has 0 fully saturated rings. The molecule has 2 aromatic rings. The molecule has 2 aromatic carbocycles. The summed E-state index contributed by atoms with van der Waals surface area (Å²) in [6.07, 6.45) is -0.675. The second-order valence-electron chi connectivity index (χ2n) is 6.04. The number of carbonyl (C=O) groups is 1. The number of hydrogen-bond acceptors (Lipinski definition) is 4. The van der Waals surface area contributed by atoms with Crippen LogP contribution in [0.3, 0.4) is 0 Å². The van der Waals surface area contributed by atoms with Crippen molar-refractivity contribution in [2.24, 2.45) is 0 Å². The van der Waals surface area contributed by atoms with Crippen molar-refractivity contribution in [3.8, 4) is 0 Å². The molecule has 0 aromatic heterocycles. The molecule has 24 heavy (non-hydrogen) atoms. The summed E-state index contributed by atoms with van der Waals surface area (Å²) in [5, 5.41) is 18.5. The third-order valence-electron chi connectivity index (χ3n) is 4.14. The molecule has 1 aliphatic rings.